The Morgan fingerprint density at radius 1 is 1.24 bits per heavy atom. The van der Waals surface area contributed by atoms with E-state index < -0.39 is 5.60 Å². The summed E-state index contributed by atoms with van der Waals surface area (Å²) in [5.41, 5.74) is 1.86. The molecule has 0 atom stereocenters. The minimum atomic E-state index is -1.04. The molecule has 176 valence electrons. The van der Waals surface area contributed by atoms with E-state index >= 15 is 0 Å². The number of ether oxygens (including phenoxy) is 1. The SMILES string of the molecule is CCOc1cc(-c2ccc(N3CCC(C)(CC(=O)C4(O)CC4)CC3)nc2)c2c(C#N)cnn2c1. The van der Waals surface area contributed by atoms with Crippen LogP contribution in [0.15, 0.2) is 36.8 Å². The second-order valence-corrected chi connectivity index (χ2v) is 9.82. The number of Topliss-reactive ketones (excluding diaryl/α,β-unsaturated/α-hetero) is 1. The molecule has 0 bridgehead atoms. The first kappa shape index (κ1) is 22.4. The normalized spacial score (nSPS) is 18.5. The van der Waals surface area contributed by atoms with E-state index in [9.17, 15) is 15.2 Å². The van der Waals surface area contributed by atoms with Crippen molar-refractivity contribution in [3.8, 4) is 22.9 Å². The number of carbonyl (C=O) groups excluding carboxylic acids is 1. The Bertz CT molecular complexity index is 1260. The van der Waals surface area contributed by atoms with Crippen molar-refractivity contribution in [2.24, 2.45) is 5.41 Å². The fourth-order valence-corrected chi connectivity index (χ4v) is 4.78. The average Bonchev–Trinajstić information content (AvgIpc) is 3.46. The molecule has 0 amide bonds. The zero-order valence-electron chi connectivity index (χ0n) is 19.6. The Morgan fingerprint density at radius 3 is 2.62 bits per heavy atom. The topological polar surface area (TPSA) is 104 Å². The van der Waals surface area contributed by atoms with Crippen LogP contribution in [-0.2, 0) is 4.79 Å². The standard InChI is InChI=1S/C26H29N5O3/c1-3-34-20-12-21(24-19(14-27)16-29-31(24)17-20)18-4-5-23(28-15-18)30-10-8-25(2,9-11-30)13-22(32)26(33)6-7-26/h4-5,12,15-17,33H,3,6-11,13H2,1-2H3. The first-order valence-corrected chi connectivity index (χ1v) is 11.9. The van der Waals surface area contributed by atoms with Crippen LogP contribution >= 0.6 is 0 Å². The lowest BCUT2D eigenvalue weighted by Crippen LogP contribution is -2.41. The molecular formula is C26H29N5O3. The highest BCUT2D eigenvalue weighted by Crippen LogP contribution is 2.43. The number of ketones is 1. The van der Waals surface area contributed by atoms with Crippen LogP contribution in [0.1, 0.15) is 51.5 Å². The lowest BCUT2D eigenvalue weighted by Gasteiger charge is -2.40. The van der Waals surface area contributed by atoms with Crippen molar-refractivity contribution in [3.05, 3.63) is 42.4 Å². The van der Waals surface area contributed by atoms with Gasteiger partial charge in [-0.05, 0) is 56.2 Å². The molecule has 1 saturated heterocycles. The van der Waals surface area contributed by atoms with Gasteiger partial charge in [0.25, 0.3) is 0 Å². The monoisotopic (exact) mass is 459 g/mol. The Labute approximate surface area is 198 Å². The Kier molecular flexibility index (Phi) is 5.53. The number of nitriles is 1. The van der Waals surface area contributed by atoms with E-state index in [1.165, 1.54) is 0 Å². The van der Waals surface area contributed by atoms with Gasteiger partial charge in [0, 0.05) is 36.8 Å². The number of carbonyl (C=O) groups is 1. The molecule has 2 fully saturated rings. The van der Waals surface area contributed by atoms with Crippen LogP contribution in [0.4, 0.5) is 5.82 Å². The largest absolute Gasteiger partial charge is 0.492 e. The van der Waals surface area contributed by atoms with Crippen LogP contribution in [0.5, 0.6) is 5.75 Å². The van der Waals surface area contributed by atoms with E-state index in [4.69, 9.17) is 9.72 Å². The van der Waals surface area contributed by atoms with Gasteiger partial charge < -0.3 is 14.7 Å². The number of piperidine rings is 1. The van der Waals surface area contributed by atoms with E-state index in [-0.39, 0.29) is 11.2 Å². The third-order valence-corrected chi connectivity index (χ3v) is 7.20. The minimum absolute atomic E-state index is 0.00290. The summed E-state index contributed by atoms with van der Waals surface area (Å²) in [6.07, 6.45) is 8.61. The molecule has 1 saturated carbocycles. The van der Waals surface area contributed by atoms with Gasteiger partial charge in [-0.3, -0.25) is 4.79 Å². The van der Waals surface area contributed by atoms with Gasteiger partial charge in [-0.25, -0.2) is 9.50 Å². The van der Waals surface area contributed by atoms with Crippen LogP contribution in [0.2, 0.25) is 0 Å². The second kappa shape index (κ2) is 8.41. The summed E-state index contributed by atoms with van der Waals surface area (Å²) >= 11 is 0. The molecule has 0 spiro atoms. The molecule has 1 N–H and O–H groups in total. The van der Waals surface area contributed by atoms with Crippen molar-refractivity contribution in [2.45, 2.75) is 51.6 Å². The number of fused-ring (bicyclic) bond motifs is 1. The summed E-state index contributed by atoms with van der Waals surface area (Å²) in [6, 6.07) is 8.16. The second-order valence-electron chi connectivity index (χ2n) is 9.82. The van der Waals surface area contributed by atoms with E-state index in [2.05, 4.69) is 23.0 Å². The predicted octanol–water partition coefficient (Wildman–Crippen LogP) is 3.76. The molecule has 1 aliphatic carbocycles. The Morgan fingerprint density at radius 2 is 2.00 bits per heavy atom. The van der Waals surface area contributed by atoms with Crippen molar-refractivity contribution in [1.29, 1.82) is 5.26 Å². The lowest BCUT2D eigenvalue weighted by molar-refractivity contribution is -0.131. The van der Waals surface area contributed by atoms with E-state index in [1.807, 2.05) is 31.3 Å². The van der Waals surface area contributed by atoms with Crippen molar-refractivity contribution in [1.82, 2.24) is 14.6 Å². The molecule has 8 heteroatoms. The lowest BCUT2D eigenvalue weighted by atomic mass is 9.75. The van der Waals surface area contributed by atoms with Gasteiger partial charge in [0.05, 0.1) is 30.1 Å². The maximum absolute atomic E-state index is 12.4. The van der Waals surface area contributed by atoms with Gasteiger partial charge in [0.2, 0.25) is 0 Å². The summed E-state index contributed by atoms with van der Waals surface area (Å²) in [5, 5.41) is 24.0. The summed E-state index contributed by atoms with van der Waals surface area (Å²) in [5.74, 6) is 1.58. The number of aromatic nitrogens is 3. The number of pyridine rings is 2. The fraction of sp³-hybridized carbons (Fsp3) is 0.462. The van der Waals surface area contributed by atoms with Crippen LogP contribution in [0.3, 0.4) is 0 Å². The van der Waals surface area contributed by atoms with Gasteiger partial charge in [-0.15, -0.1) is 0 Å². The number of anilines is 1. The van der Waals surface area contributed by atoms with Gasteiger partial charge in [-0.1, -0.05) is 6.92 Å². The summed E-state index contributed by atoms with van der Waals surface area (Å²) < 4.78 is 7.38. The van der Waals surface area contributed by atoms with Crippen LogP contribution in [0.25, 0.3) is 16.6 Å². The quantitative estimate of drug-likeness (QED) is 0.574. The van der Waals surface area contributed by atoms with E-state index in [0.717, 1.165) is 48.4 Å². The van der Waals surface area contributed by atoms with Crippen molar-refractivity contribution in [2.75, 3.05) is 24.6 Å². The fourth-order valence-electron chi connectivity index (χ4n) is 4.78. The van der Waals surface area contributed by atoms with Crippen molar-refractivity contribution < 1.29 is 14.6 Å². The molecule has 3 aromatic heterocycles. The van der Waals surface area contributed by atoms with Gasteiger partial charge >= 0.3 is 0 Å². The van der Waals surface area contributed by atoms with Gasteiger partial charge in [-0.2, -0.15) is 10.4 Å². The Hall–Kier alpha value is -3.44. The third-order valence-electron chi connectivity index (χ3n) is 7.20. The molecule has 34 heavy (non-hydrogen) atoms. The van der Waals surface area contributed by atoms with Gasteiger partial charge in [0.1, 0.15) is 23.2 Å². The molecule has 4 heterocycles. The molecule has 2 aliphatic rings. The molecule has 8 nitrogen and oxygen atoms in total. The van der Waals surface area contributed by atoms with Crippen LogP contribution in [0, 0.1) is 16.7 Å². The van der Waals surface area contributed by atoms with Crippen molar-refractivity contribution in [3.63, 3.8) is 0 Å². The molecular weight excluding hydrogens is 430 g/mol. The van der Waals surface area contributed by atoms with Crippen molar-refractivity contribution >= 4 is 17.1 Å². The highest BCUT2D eigenvalue weighted by Gasteiger charge is 2.49. The minimum Gasteiger partial charge on any atom is -0.492 e. The van der Waals surface area contributed by atoms with E-state index in [0.29, 0.717) is 37.2 Å². The first-order chi connectivity index (χ1) is 16.3. The third kappa shape index (κ3) is 4.12. The number of hydrogen-bond donors (Lipinski definition) is 1. The zero-order valence-corrected chi connectivity index (χ0v) is 19.6. The Balaban J connectivity index is 1.34. The summed E-state index contributed by atoms with van der Waals surface area (Å²) in [6.45, 7) is 6.25. The number of nitrogens with zero attached hydrogens (tertiary/aromatic N) is 5. The number of hydrogen-bond acceptors (Lipinski definition) is 7. The summed E-state index contributed by atoms with van der Waals surface area (Å²) in [7, 11) is 0. The van der Waals surface area contributed by atoms with E-state index in [1.54, 1.807) is 16.9 Å². The number of rotatable bonds is 7. The van der Waals surface area contributed by atoms with Gasteiger partial charge in [0.15, 0.2) is 5.78 Å². The average molecular weight is 460 g/mol. The van der Waals surface area contributed by atoms with Crippen LogP contribution < -0.4 is 9.64 Å². The maximum Gasteiger partial charge on any atom is 0.164 e. The first-order valence-electron chi connectivity index (χ1n) is 11.9. The molecule has 1 aliphatic heterocycles. The molecule has 3 aromatic rings. The molecule has 0 unspecified atom stereocenters. The molecule has 5 rings (SSSR count). The number of aliphatic hydroxyl groups is 1. The molecule has 0 radical (unpaired) electrons. The maximum atomic E-state index is 12.4. The zero-order chi connectivity index (χ0) is 23.9. The van der Waals surface area contributed by atoms with Crippen LogP contribution in [-0.4, -0.2) is 50.8 Å². The smallest absolute Gasteiger partial charge is 0.164 e. The highest BCUT2D eigenvalue weighted by molar-refractivity contribution is 5.90. The summed E-state index contributed by atoms with van der Waals surface area (Å²) in [4.78, 5) is 19.4. The highest BCUT2D eigenvalue weighted by atomic mass is 16.5. The predicted molar refractivity (Wildman–Crippen MR) is 128 cm³/mol. The molecule has 0 aromatic carbocycles.